The second kappa shape index (κ2) is 6.59. The molecule has 21 heavy (non-hydrogen) atoms. The van der Waals surface area contributed by atoms with Crippen LogP contribution in [0.15, 0.2) is 41.8 Å². The van der Waals surface area contributed by atoms with Crippen LogP contribution in [-0.2, 0) is 17.6 Å². The maximum absolute atomic E-state index is 11.8. The number of carbonyl (C=O) groups is 1. The third kappa shape index (κ3) is 3.73. The fraction of sp³-hybridized carbons (Fsp3) is 0.235. The van der Waals surface area contributed by atoms with Crippen LogP contribution in [0, 0.1) is 0 Å². The number of ether oxygens (including phenoxy) is 1. The zero-order valence-corrected chi connectivity index (χ0v) is 12.5. The van der Waals surface area contributed by atoms with Crippen molar-refractivity contribution in [1.82, 2.24) is 5.32 Å². The Labute approximate surface area is 128 Å². The van der Waals surface area contributed by atoms with Crippen LogP contribution in [0.4, 0.5) is 0 Å². The number of nitrogens with one attached hydrogen (secondary N) is 1. The predicted molar refractivity (Wildman–Crippen MR) is 85.7 cm³/mol. The van der Waals surface area contributed by atoms with E-state index in [0.29, 0.717) is 6.54 Å². The molecule has 1 aliphatic rings. The molecule has 0 unspecified atom stereocenters. The van der Waals surface area contributed by atoms with Crippen molar-refractivity contribution in [3.05, 3.63) is 57.8 Å². The number of rotatable bonds is 5. The Morgan fingerprint density at radius 2 is 2.33 bits per heavy atom. The van der Waals surface area contributed by atoms with Gasteiger partial charge in [0.05, 0.1) is 6.61 Å². The molecule has 108 valence electrons. The van der Waals surface area contributed by atoms with Crippen molar-refractivity contribution in [2.45, 2.75) is 12.8 Å². The molecule has 0 bridgehead atoms. The molecule has 3 rings (SSSR count). The van der Waals surface area contributed by atoms with Gasteiger partial charge in [-0.15, -0.1) is 11.3 Å². The van der Waals surface area contributed by atoms with Gasteiger partial charge in [0.2, 0.25) is 5.91 Å². The minimum absolute atomic E-state index is 0.0525. The minimum atomic E-state index is -0.0525. The fourth-order valence-electron chi connectivity index (χ4n) is 2.30. The molecule has 1 aromatic carbocycles. The van der Waals surface area contributed by atoms with Gasteiger partial charge in [0.1, 0.15) is 5.75 Å². The smallest absolute Gasteiger partial charge is 0.244 e. The van der Waals surface area contributed by atoms with Gasteiger partial charge in [-0.2, -0.15) is 0 Å². The molecule has 1 aliphatic heterocycles. The van der Waals surface area contributed by atoms with Gasteiger partial charge in [-0.05, 0) is 47.2 Å². The molecule has 3 nitrogen and oxygen atoms in total. The minimum Gasteiger partial charge on any atom is -0.493 e. The van der Waals surface area contributed by atoms with Gasteiger partial charge in [0.15, 0.2) is 0 Å². The van der Waals surface area contributed by atoms with E-state index in [1.165, 1.54) is 10.4 Å². The van der Waals surface area contributed by atoms with Crippen molar-refractivity contribution in [2.24, 2.45) is 0 Å². The average molecular weight is 299 g/mol. The van der Waals surface area contributed by atoms with Gasteiger partial charge >= 0.3 is 0 Å². The molecular formula is C17H17NO2S. The molecule has 0 atom stereocenters. The van der Waals surface area contributed by atoms with Gasteiger partial charge in [-0.1, -0.05) is 12.1 Å². The van der Waals surface area contributed by atoms with Crippen LogP contribution in [-0.4, -0.2) is 19.1 Å². The summed E-state index contributed by atoms with van der Waals surface area (Å²) in [4.78, 5) is 13.0. The molecule has 2 heterocycles. The lowest BCUT2D eigenvalue weighted by Crippen LogP contribution is -2.23. The summed E-state index contributed by atoms with van der Waals surface area (Å²) < 4.78 is 5.47. The van der Waals surface area contributed by atoms with Gasteiger partial charge < -0.3 is 10.1 Å². The van der Waals surface area contributed by atoms with Crippen molar-refractivity contribution in [2.75, 3.05) is 13.2 Å². The lowest BCUT2D eigenvalue weighted by Gasteiger charge is -2.01. The van der Waals surface area contributed by atoms with Gasteiger partial charge in [0.25, 0.3) is 0 Å². The van der Waals surface area contributed by atoms with Crippen molar-refractivity contribution in [3.63, 3.8) is 0 Å². The highest BCUT2D eigenvalue weighted by Crippen LogP contribution is 2.26. The number of carbonyl (C=O) groups excluding carboxylic acids is 1. The number of hydrogen-bond donors (Lipinski definition) is 1. The largest absolute Gasteiger partial charge is 0.493 e. The highest BCUT2D eigenvalue weighted by molar-refractivity contribution is 7.09. The van der Waals surface area contributed by atoms with E-state index in [1.807, 2.05) is 24.3 Å². The Morgan fingerprint density at radius 3 is 3.19 bits per heavy atom. The van der Waals surface area contributed by atoms with Crippen LogP contribution in [0.5, 0.6) is 5.75 Å². The molecule has 1 N–H and O–H groups in total. The quantitative estimate of drug-likeness (QED) is 0.862. The molecule has 0 spiro atoms. The summed E-state index contributed by atoms with van der Waals surface area (Å²) >= 11 is 1.71. The number of thiophene rings is 1. The summed E-state index contributed by atoms with van der Waals surface area (Å²) in [5.74, 6) is 0.913. The first kappa shape index (κ1) is 13.9. The standard InChI is InChI=1S/C17H17NO2S/c19-17(18-9-7-15-2-1-11-21-15)6-4-13-3-5-16-14(12-13)8-10-20-16/h1-6,11-12H,7-10H2,(H,18,19)/b6-4+. The molecule has 0 saturated carbocycles. The second-order valence-electron chi connectivity index (χ2n) is 4.92. The zero-order chi connectivity index (χ0) is 14.5. The van der Waals surface area contributed by atoms with Gasteiger partial charge in [-0.25, -0.2) is 0 Å². The van der Waals surface area contributed by atoms with Crippen LogP contribution >= 0.6 is 11.3 Å². The summed E-state index contributed by atoms with van der Waals surface area (Å²) in [6.07, 6.45) is 5.27. The third-order valence-corrected chi connectivity index (χ3v) is 4.33. The molecule has 0 saturated heterocycles. The average Bonchev–Trinajstić information content (AvgIpc) is 3.15. The topological polar surface area (TPSA) is 38.3 Å². The van der Waals surface area contributed by atoms with Crippen molar-refractivity contribution in [1.29, 1.82) is 0 Å². The van der Waals surface area contributed by atoms with Crippen molar-refractivity contribution in [3.8, 4) is 5.75 Å². The lowest BCUT2D eigenvalue weighted by molar-refractivity contribution is -0.116. The maximum atomic E-state index is 11.8. The highest BCUT2D eigenvalue weighted by Gasteiger charge is 2.11. The van der Waals surface area contributed by atoms with Crippen molar-refractivity contribution >= 4 is 23.3 Å². The Morgan fingerprint density at radius 1 is 1.38 bits per heavy atom. The summed E-state index contributed by atoms with van der Waals surface area (Å²) in [7, 11) is 0. The normalized spacial score (nSPS) is 13.1. The van der Waals surface area contributed by atoms with Crippen LogP contribution in [0.2, 0.25) is 0 Å². The van der Waals surface area contributed by atoms with E-state index in [1.54, 1.807) is 17.4 Å². The molecular weight excluding hydrogens is 282 g/mol. The Hall–Kier alpha value is -2.07. The number of amides is 1. The molecule has 0 fully saturated rings. The SMILES string of the molecule is O=C(/C=C/c1ccc2c(c1)CCO2)NCCc1cccs1. The highest BCUT2D eigenvalue weighted by atomic mass is 32.1. The Bertz CT molecular complexity index is 647. The zero-order valence-electron chi connectivity index (χ0n) is 11.7. The number of hydrogen-bond acceptors (Lipinski definition) is 3. The first-order valence-electron chi connectivity index (χ1n) is 7.05. The van der Waals surface area contributed by atoms with E-state index in [4.69, 9.17) is 4.74 Å². The molecule has 2 aromatic rings. The van der Waals surface area contributed by atoms with Crippen molar-refractivity contribution < 1.29 is 9.53 Å². The Balaban J connectivity index is 1.50. The van der Waals surface area contributed by atoms with Crippen LogP contribution in [0.1, 0.15) is 16.0 Å². The van der Waals surface area contributed by atoms with E-state index >= 15 is 0 Å². The predicted octanol–water partition coefficient (Wildman–Crippen LogP) is 3.06. The van der Waals surface area contributed by atoms with E-state index in [2.05, 4.69) is 22.8 Å². The van der Waals surface area contributed by atoms with Crippen LogP contribution in [0.25, 0.3) is 6.08 Å². The summed E-state index contributed by atoms with van der Waals surface area (Å²) in [5.41, 5.74) is 2.25. The lowest BCUT2D eigenvalue weighted by atomic mass is 10.1. The van der Waals surface area contributed by atoms with Crippen LogP contribution in [0.3, 0.4) is 0 Å². The fourth-order valence-corrected chi connectivity index (χ4v) is 3.01. The van der Waals surface area contributed by atoms with E-state index < -0.39 is 0 Å². The van der Waals surface area contributed by atoms with Gasteiger partial charge in [0, 0.05) is 23.9 Å². The third-order valence-electron chi connectivity index (χ3n) is 3.39. The number of benzene rings is 1. The van der Waals surface area contributed by atoms with Gasteiger partial charge in [-0.3, -0.25) is 4.79 Å². The molecule has 4 heteroatoms. The summed E-state index contributed by atoms with van der Waals surface area (Å²) in [5, 5.41) is 4.95. The van der Waals surface area contributed by atoms with E-state index in [9.17, 15) is 4.79 Å². The Kier molecular flexibility index (Phi) is 4.36. The summed E-state index contributed by atoms with van der Waals surface area (Å²) in [6.45, 7) is 1.42. The van der Waals surface area contributed by atoms with E-state index in [-0.39, 0.29) is 5.91 Å². The van der Waals surface area contributed by atoms with Crippen LogP contribution < -0.4 is 10.1 Å². The monoisotopic (exact) mass is 299 g/mol. The first-order chi connectivity index (χ1) is 10.3. The summed E-state index contributed by atoms with van der Waals surface area (Å²) in [6, 6.07) is 10.1. The molecule has 1 amide bonds. The van der Waals surface area contributed by atoms with E-state index in [0.717, 1.165) is 30.8 Å². The maximum Gasteiger partial charge on any atom is 0.244 e. The molecule has 0 aliphatic carbocycles. The molecule has 1 aromatic heterocycles. The second-order valence-corrected chi connectivity index (χ2v) is 5.95. The number of fused-ring (bicyclic) bond motifs is 1. The first-order valence-corrected chi connectivity index (χ1v) is 7.93. The molecule has 0 radical (unpaired) electrons.